The van der Waals surface area contributed by atoms with Crippen LogP contribution in [0, 0.1) is 0 Å². The fourth-order valence-electron chi connectivity index (χ4n) is 1.71. The van der Waals surface area contributed by atoms with Crippen LogP contribution in [0.4, 0.5) is 0 Å². The van der Waals surface area contributed by atoms with E-state index in [-0.39, 0.29) is 5.56 Å². The average molecular weight is 282 g/mol. The molecule has 0 amide bonds. The highest BCUT2D eigenvalue weighted by atomic mass is 16.5. The molecule has 0 fully saturated rings. The van der Waals surface area contributed by atoms with Gasteiger partial charge >= 0.3 is 5.97 Å². The van der Waals surface area contributed by atoms with Crippen molar-refractivity contribution in [1.82, 2.24) is 15.6 Å². The van der Waals surface area contributed by atoms with Crippen LogP contribution in [0.3, 0.4) is 0 Å². The Kier molecular flexibility index (Phi) is 3.07. The summed E-state index contributed by atoms with van der Waals surface area (Å²) < 4.78 is 5.56. The summed E-state index contributed by atoms with van der Waals surface area (Å²) in [7, 11) is 0. The molecule has 1 aliphatic rings. The van der Waals surface area contributed by atoms with Crippen molar-refractivity contribution in [2.45, 2.75) is 0 Å². The number of rotatable bonds is 2. The van der Waals surface area contributed by atoms with Crippen molar-refractivity contribution in [1.29, 1.82) is 0 Å². The number of aromatic nitrogens is 2. The normalized spacial score (nSPS) is 15.9. The molecule has 0 saturated heterocycles. The number of carbonyl (C=O) groups is 1. The van der Waals surface area contributed by atoms with E-state index in [2.05, 4.69) is 27.3 Å². The van der Waals surface area contributed by atoms with Crippen molar-refractivity contribution in [3.05, 3.63) is 58.2 Å². The molecular weight excluding hydrogens is 272 g/mol. The number of nitrogens with one attached hydrogen (secondary N) is 1. The zero-order valence-corrected chi connectivity index (χ0v) is 10.8. The van der Waals surface area contributed by atoms with E-state index in [9.17, 15) is 4.79 Å². The minimum absolute atomic E-state index is 0.200. The van der Waals surface area contributed by atoms with E-state index in [1.807, 2.05) is 0 Å². The molecule has 0 radical (unpaired) electrons. The Labute approximate surface area is 118 Å². The maximum atomic E-state index is 10.8. The SMILES string of the molecule is C=c1ccc(=C2NN=C(c3ccc(C(=O)O)cc3)O2)nn1. The Balaban J connectivity index is 1.86. The molecule has 21 heavy (non-hydrogen) atoms. The lowest BCUT2D eigenvalue weighted by molar-refractivity contribution is 0.0697. The van der Waals surface area contributed by atoms with Crippen LogP contribution in [0.25, 0.3) is 12.5 Å². The second kappa shape index (κ2) is 5.04. The number of aromatic carboxylic acids is 1. The molecule has 0 saturated carbocycles. The third kappa shape index (κ3) is 2.57. The first-order chi connectivity index (χ1) is 10.1. The highest BCUT2D eigenvalue weighted by Crippen LogP contribution is 2.12. The van der Waals surface area contributed by atoms with Crippen molar-refractivity contribution >= 4 is 24.3 Å². The highest BCUT2D eigenvalue weighted by molar-refractivity contribution is 5.98. The van der Waals surface area contributed by atoms with Gasteiger partial charge in [-0.05, 0) is 36.4 Å². The quantitative estimate of drug-likeness (QED) is 0.780. The minimum atomic E-state index is -0.982. The van der Waals surface area contributed by atoms with Gasteiger partial charge in [-0.1, -0.05) is 6.58 Å². The predicted octanol–water partition coefficient (Wildman–Crippen LogP) is -0.368. The van der Waals surface area contributed by atoms with E-state index in [1.54, 1.807) is 24.3 Å². The summed E-state index contributed by atoms with van der Waals surface area (Å²) in [5.74, 6) is -0.285. The molecule has 0 aliphatic carbocycles. The molecule has 1 aromatic carbocycles. The molecule has 0 spiro atoms. The van der Waals surface area contributed by atoms with Crippen LogP contribution in [-0.4, -0.2) is 27.2 Å². The molecule has 7 nitrogen and oxygen atoms in total. The predicted molar refractivity (Wildman–Crippen MR) is 74.4 cm³/mol. The van der Waals surface area contributed by atoms with Gasteiger partial charge in [0.05, 0.1) is 10.9 Å². The van der Waals surface area contributed by atoms with Gasteiger partial charge in [-0.3, -0.25) is 0 Å². The third-order valence-corrected chi connectivity index (χ3v) is 2.79. The Morgan fingerprint density at radius 3 is 2.52 bits per heavy atom. The van der Waals surface area contributed by atoms with Gasteiger partial charge in [0.15, 0.2) is 0 Å². The van der Waals surface area contributed by atoms with Crippen molar-refractivity contribution in [2.75, 3.05) is 0 Å². The third-order valence-electron chi connectivity index (χ3n) is 2.79. The van der Waals surface area contributed by atoms with E-state index >= 15 is 0 Å². The number of carboxylic acids is 1. The highest BCUT2D eigenvalue weighted by Gasteiger charge is 2.17. The van der Waals surface area contributed by atoms with Crippen LogP contribution in [0.15, 0.2) is 41.5 Å². The van der Waals surface area contributed by atoms with Gasteiger partial charge in [0.1, 0.15) is 5.35 Å². The maximum absolute atomic E-state index is 10.8. The monoisotopic (exact) mass is 282 g/mol. The van der Waals surface area contributed by atoms with Gasteiger partial charge in [0, 0.05) is 5.56 Å². The zero-order chi connectivity index (χ0) is 14.8. The molecule has 1 aromatic heterocycles. The largest absolute Gasteiger partial charge is 0.478 e. The number of hydrogen-bond acceptors (Lipinski definition) is 6. The van der Waals surface area contributed by atoms with Gasteiger partial charge in [0.2, 0.25) is 11.8 Å². The first kappa shape index (κ1) is 12.8. The zero-order valence-electron chi connectivity index (χ0n) is 10.8. The molecule has 0 unspecified atom stereocenters. The van der Waals surface area contributed by atoms with Crippen LogP contribution in [0.2, 0.25) is 0 Å². The Morgan fingerprint density at radius 2 is 1.90 bits per heavy atom. The Bertz CT molecular complexity index is 820. The number of carboxylic acid groups (broad SMARTS) is 1. The average Bonchev–Trinajstić information content (AvgIpc) is 2.98. The first-order valence-corrected chi connectivity index (χ1v) is 6.02. The molecule has 7 heteroatoms. The summed E-state index contributed by atoms with van der Waals surface area (Å²) in [5.41, 5.74) is 3.58. The van der Waals surface area contributed by atoms with E-state index < -0.39 is 5.97 Å². The van der Waals surface area contributed by atoms with E-state index in [0.29, 0.717) is 28.0 Å². The molecule has 2 heterocycles. The summed E-state index contributed by atoms with van der Waals surface area (Å²) in [6.07, 6.45) is 0. The molecule has 104 valence electrons. The second-order valence-corrected chi connectivity index (χ2v) is 4.25. The molecular formula is C14H10N4O3. The van der Waals surface area contributed by atoms with Crippen molar-refractivity contribution in [3.8, 4) is 0 Å². The van der Waals surface area contributed by atoms with Gasteiger partial charge in [-0.25, -0.2) is 10.2 Å². The number of benzene rings is 1. The number of hydrogen-bond donors (Lipinski definition) is 2. The number of nitrogens with zero attached hydrogens (tertiary/aromatic N) is 3. The molecule has 0 atom stereocenters. The standard InChI is InChI=1S/C14H10N4O3/c1-8-2-7-11(16-15-8)13-18-17-12(21-13)9-3-5-10(6-4-9)14(19)20/h2-7,18H,1H2,(H,19,20). The number of hydrazone groups is 1. The summed E-state index contributed by atoms with van der Waals surface area (Å²) in [6, 6.07) is 9.64. The molecule has 1 aliphatic heterocycles. The van der Waals surface area contributed by atoms with Gasteiger partial charge in [0.25, 0.3) is 0 Å². The summed E-state index contributed by atoms with van der Waals surface area (Å²) in [5, 5.41) is 21.7. The smallest absolute Gasteiger partial charge is 0.335 e. The fourth-order valence-corrected chi connectivity index (χ4v) is 1.71. The van der Waals surface area contributed by atoms with Crippen molar-refractivity contribution < 1.29 is 14.6 Å². The summed E-state index contributed by atoms with van der Waals surface area (Å²) in [6.45, 7) is 3.65. The molecule has 2 aromatic rings. The van der Waals surface area contributed by atoms with E-state index in [1.165, 1.54) is 12.1 Å². The molecule has 3 rings (SSSR count). The van der Waals surface area contributed by atoms with Crippen molar-refractivity contribution in [2.24, 2.45) is 5.10 Å². The van der Waals surface area contributed by atoms with Gasteiger partial charge in [-0.15, -0.1) is 10.2 Å². The minimum Gasteiger partial charge on any atom is -0.478 e. The van der Waals surface area contributed by atoms with Crippen LogP contribution < -0.4 is 16.1 Å². The summed E-state index contributed by atoms with van der Waals surface area (Å²) in [4.78, 5) is 10.8. The van der Waals surface area contributed by atoms with E-state index in [4.69, 9.17) is 9.84 Å². The molecule has 2 N–H and O–H groups in total. The molecule has 0 bridgehead atoms. The lowest BCUT2D eigenvalue weighted by Gasteiger charge is -2.01. The lowest BCUT2D eigenvalue weighted by atomic mass is 10.1. The summed E-state index contributed by atoms with van der Waals surface area (Å²) >= 11 is 0. The fraction of sp³-hybridized carbons (Fsp3) is 0. The number of ether oxygens (including phenoxy) is 1. The second-order valence-electron chi connectivity index (χ2n) is 4.25. The Morgan fingerprint density at radius 1 is 1.14 bits per heavy atom. The van der Waals surface area contributed by atoms with Crippen LogP contribution in [-0.2, 0) is 4.74 Å². The van der Waals surface area contributed by atoms with Gasteiger partial charge < -0.3 is 9.84 Å². The topological polar surface area (TPSA) is 96.7 Å². The first-order valence-electron chi connectivity index (χ1n) is 6.02. The van der Waals surface area contributed by atoms with Crippen LogP contribution >= 0.6 is 0 Å². The van der Waals surface area contributed by atoms with Gasteiger partial charge in [-0.2, -0.15) is 5.10 Å². The Hall–Kier alpha value is -3.22. The maximum Gasteiger partial charge on any atom is 0.335 e. The van der Waals surface area contributed by atoms with Crippen LogP contribution in [0.5, 0.6) is 0 Å². The van der Waals surface area contributed by atoms with Crippen LogP contribution in [0.1, 0.15) is 15.9 Å². The van der Waals surface area contributed by atoms with E-state index in [0.717, 1.165) is 0 Å². The lowest BCUT2D eigenvalue weighted by Crippen LogP contribution is -2.22. The van der Waals surface area contributed by atoms with Crippen molar-refractivity contribution in [3.63, 3.8) is 0 Å².